The zero-order chi connectivity index (χ0) is 19.7. The third-order valence-electron chi connectivity index (χ3n) is 4.98. The first-order chi connectivity index (χ1) is 13.5. The highest BCUT2D eigenvalue weighted by atomic mass is 32.1. The number of ketones is 1. The van der Waals surface area contributed by atoms with Crippen LogP contribution >= 0.6 is 11.3 Å². The van der Waals surface area contributed by atoms with Crippen LogP contribution in [0.1, 0.15) is 49.6 Å². The number of hydrogen-bond acceptors (Lipinski definition) is 4. The molecule has 0 spiro atoms. The van der Waals surface area contributed by atoms with Crippen molar-refractivity contribution in [3.63, 3.8) is 0 Å². The number of carbonyl (C=O) groups is 2. The van der Waals surface area contributed by atoms with Crippen molar-refractivity contribution in [3.05, 3.63) is 75.7 Å². The molecular formula is C23H20O4S. The molecule has 1 aliphatic carbocycles. The molecule has 1 N–H and O–H groups in total. The van der Waals surface area contributed by atoms with Gasteiger partial charge in [-0.05, 0) is 48.6 Å². The van der Waals surface area contributed by atoms with Gasteiger partial charge in [0.25, 0.3) is 0 Å². The summed E-state index contributed by atoms with van der Waals surface area (Å²) in [7, 11) is 0. The summed E-state index contributed by atoms with van der Waals surface area (Å²) in [6, 6.07) is 15.5. The van der Waals surface area contributed by atoms with E-state index in [2.05, 4.69) is 0 Å². The lowest BCUT2D eigenvalue weighted by atomic mass is 9.92. The van der Waals surface area contributed by atoms with Crippen LogP contribution in [0.5, 0.6) is 5.75 Å². The van der Waals surface area contributed by atoms with Gasteiger partial charge in [-0.1, -0.05) is 42.0 Å². The normalized spacial score (nSPS) is 13.2. The van der Waals surface area contributed by atoms with Crippen LogP contribution in [0.3, 0.4) is 0 Å². The maximum absolute atomic E-state index is 12.3. The van der Waals surface area contributed by atoms with Gasteiger partial charge >= 0.3 is 5.97 Å². The molecule has 1 aliphatic rings. The second-order valence-electron chi connectivity index (χ2n) is 6.95. The Morgan fingerprint density at radius 3 is 2.57 bits per heavy atom. The van der Waals surface area contributed by atoms with Crippen molar-refractivity contribution in [2.24, 2.45) is 0 Å². The molecule has 28 heavy (non-hydrogen) atoms. The molecular weight excluding hydrogens is 372 g/mol. The number of Topliss-reactive ketones (excluding diaryl/α,β-unsaturated/α-hetero) is 1. The summed E-state index contributed by atoms with van der Waals surface area (Å²) in [5, 5.41) is 9.85. The van der Waals surface area contributed by atoms with Crippen LogP contribution in [0.15, 0.2) is 48.5 Å². The standard InChI is InChI=1S/C23H20O4S/c1-14-9-11-16(12-10-14)27-13-15-5-2-3-6-17(15)22-20(23(25)26)18-7-4-8-19(24)21(18)28-22/h2-3,5-6,9-12H,4,7-8,13H2,1H3,(H,25,26). The zero-order valence-corrected chi connectivity index (χ0v) is 16.3. The molecule has 1 heterocycles. The number of benzene rings is 2. The quantitative estimate of drug-likeness (QED) is 0.621. The monoisotopic (exact) mass is 392 g/mol. The molecule has 0 unspecified atom stereocenters. The maximum Gasteiger partial charge on any atom is 0.337 e. The van der Waals surface area contributed by atoms with Crippen molar-refractivity contribution in [3.8, 4) is 16.2 Å². The third-order valence-corrected chi connectivity index (χ3v) is 6.29. The average molecular weight is 392 g/mol. The molecule has 0 aliphatic heterocycles. The van der Waals surface area contributed by atoms with E-state index < -0.39 is 5.97 Å². The zero-order valence-electron chi connectivity index (χ0n) is 15.5. The molecule has 4 nitrogen and oxygen atoms in total. The molecule has 0 saturated heterocycles. The average Bonchev–Trinajstić information content (AvgIpc) is 3.09. The number of carboxylic acids is 1. The van der Waals surface area contributed by atoms with Gasteiger partial charge in [0.15, 0.2) is 5.78 Å². The summed E-state index contributed by atoms with van der Waals surface area (Å²) >= 11 is 1.30. The summed E-state index contributed by atoms with van der Waals surface area (Å²) in [6.45, 7) is 2.35. The predicted molar refractivity (Wildman–Crippen MR) is 109 cm³/mol. The number of carbonyl (C=O) groups excluding carboxylic acids is 1. The number of aromatic carboxylic acids is 1. The molecule has 0 amide bonds. The van der Waals surface area contributed by atoms with Gasteiger partial charge in [0.1, 0.15) is 12.4 Å². The molecule has 4 rings (SSSR count). The molecule has 1 aromatic heterocycles. The number of ether oxygens (including phenoxy) is 1. The van der Waals surface area contributed by atoms with Gasteiger partial charge in [0.2, 0.25) is 0 Å². The van der Waals surface area contributed by atoms with Crippen molar-refractivity contribution in [1.29, 1.82) is 0 Å². The maximum atomic E-state index is 12.3. The summed E-state index contributed by atoms with van der Waals surface area (Å²) in [5.74, 6) is -0.163. The highest BCUT2D eigenvalue weighted by molar-refractivity contribution is 7.18. The lowest BCUT2D eigenvalue weighted by Crippen LogP contribution is -2.11. The summed E-state index contributed by atoms with van der Waals surface area (Å²) in [5.41, 5.74) is 3.84. The molecule has 3 aromatic rings. The second kappa shape index (κ2) is 7.60. The SMILES string of the molecule is Cc1ccc(OCc2ccccc2-c2sc3c(c2C(=O)O)CCCC3=O)cc1. The van der Waals surface area contributed by atoms with E-state index in [1.807, 2.05) is 55.5 Å². The third kappa shape index (κ3) is 3.45. The fourth-order valence-electron chi connectivity index (χ4n) is 3.55. The van der Waals surface area contributed by atoms with E-state index in [0.717, 1.165) is 22.4 Å². The topological polar surface area (TPSA) is 63.6 Å². The number of thiophene rings is 1. The van der Waals surface area contributed by atoms with Crippen LogP contribution in [-0.2, 0) is 13.0 Å². The number of aryl methyl sites for hydroxylation is 1. The van der Waals surface area contributed by atoms with Gasteiger partial charge in [0.05, 0.1) is 15.3 Å². The lowest BCUT2D eigenvalue weighted by molar-refractivity contribution is 0.0697. The highest BCUT2D eigenvalue weighted by Crippen LogP contribution is 2.41. The van der Waals surface area contributed by atoms with Crippen molar-refractivity contribution in [2.45, 2.75) is 32.8 Å². The molecule has 0 bridgehead atoms. The van der Waals surface area contributed by atoms with E-state index in [1.165, 1.54) is 11.3 Å². The minimum absolute atomic E-state index is 0.0494. The van der Waals surface area contributed by atoms with Crippen LogP contribution in [-0.4, -0.2) is 16.9 Å². The minimum Gasteiger partial charge on any atom is -0.489 e. The predicted octanol–water partition coefficient (Wildman–Crippen LogP) is 5.52. The summed E-state index contributed by atoms with van der Waals surface area (Å²) < 4.78 is 5.92. The molecule has 0 fully saturated rings. The van der Waals surface area contributed by atoms with Gasteiger partial charge in [-0.2, -0.15) is 0 Å². The van der Waals surface area contributed by atoms with Gasteiger partial charge < -0.3 is 9.84 Å². The van der Waals surface area contributed by atoms with Crippen molar-refractivity contribution < 1.29 is 19.4 Å². The molecule has 142 valence electrons. The number of fused-ring (bicyclic) bond motifs is 1. The Bertz CT molecular complexity index is 1050. The summed E-state index contributed by atoms with van der Waals surface area (Å²) in [6.07, 6.45) is 1.84. The first kappa shape index (κ1) is 18.4. The van der Waals surface area contributed by atoms with Crippen molar-refractivity contribution in [1.82, 2.24) is 0 Å². The number of hydrogen-bond donors (Lipinski definition) is 1. The Balaban J connectivity index is 1.73. The van der Waals surface area contributed by atoms with Crippen LogP contribution < -0.4 is 4.74 Å². The minimum atomic E-state index is -0.976. The Morgan fingerprint density at radius 2 is 1.82 bits per heavy atom. The first-order valence-electron chi connectivity index (χ1n) is 9.24. The number of carboxylic acid groups (broad SMARTS) is 1. The van der Waals surface area contributed by atoms with E-state index in [-0.39, 0.29) is 11.3 Å². The van der Waals surface area contributed by atoms with Crippen LogP contribution in [0.2, 0.25) is 0 Å². The van der Waals surface area contributed by atoms with Crippen LogP contribution in [0.25, 0.3) is 10.4 Å². The van der Waals surface area contributed by atoms with Gasteiger partial charge in [0, 0.05) is 6.42 Å². The Kier molecular flexibility index (Phi) is 5.01. The lowest BCUT2D eigenvalue weighted by Gasteiger charge is -2.12. The fourth-order valence-corrected chi connectivity index (χ4v) is 4.92. The van der Waals surface area contributed by atoms with Gasteiger partial charge in [-0.15, -0.1) is 11.3 Å². The molecule has 5 heteroatoms. The first-order valence-corrected chi connectivity index (χ1v) is 10.1. The Hall–Kier alpha value is -2.92. The summed E-state index contributed by atoms with van der Waals surface area (Å²) in [4.78, 5) is 25.6. The highest BCUT2D eigenvalue weighted by Gasteiger charge is 2.30. The van der Waals surface area contributed by atoms with Crippen molar-refractivity contribution in [2.75, 3.05) is 0 Å². The Morgan fingerprint density at radius 1 is 1.07 bits per heavy atom. The van der Waals surface area contributed by atoms with Gasteiger partial charge in [-0.25, -0.2) is 4.79 Å². The van der Waals surface area contributed by atoms with Crippen molar-refractivity contribution >= 4 is 23.1 Å². The molecule has 2 aromatic carbocycles. The molecule has 0 radical (unpaired) electrons. The largest absolute Gasteiger partial charge is 0.489 e. The second-order valence-corrected chi connectivity index (χ2v) is 7.98. The molecule has 0 saturated carbocycles. The Labute approximate surface area is 167 Å². The van der Waals surface area contributed by atoms with Gasteiger partial charge in [-0.3, -0.25) is 4.79 Å². The number of rotatable bonds is 5. The van der Waals surface area contributed by atoms with E-state index in [1.54, 1.807) is 0 Å². The smallest absolute Gasteiger partial charge is 0.337 e. The van der Waals surface area contributed by atoms with E-state index in [4.69, 9.17) is 4.74 Å². The van der Waals surface area contributed by atoms with E-state index in [0.29, 0.717) is 41.2 Å². The van der Waals surface area contributed by atoms with Crippen LogP contribution in [0, 0.1) is 6.92 Å². The van der Waals surface area contributed by atoms with E-state index in [9.17, 15) is 14.7 Å². The fraction of sp³-hybridized carbons (Fsp3) is 0.217. The van der Waals surface area contributed by atoms with Crippen LogP contribution in [0.4, 0.5) is 0 Å². The van der Waals surface area contributed by atoms with E-state index >= 15 is 0 Å². The molecule has 0 atom stereocenters.